The topological polar surface area (TPSA) is 105 Å². The second-order valence-corrected chi connectivity index (χ2v) is 5.15. The van der Waals surface area contributed by atoms with Crippen LogP contribution in [-0.2, 0) is 4.79 Å². The maximum absolute atomic E-state index is 11.7. The van der Waals surface area contributed by atoms with Gasteiger partial charge in [0, 0.05) is 36.4 Å². The van der Waals surface area contributed by atoms with Gasteiger partial charge in [-0.05, 0) is 31.2 Å². The largest absolute Gasteiger partial charge is 0.478 e. The summed E-state index contributed by atoms with van der Waals surface area (Å²) < 4.78 is 7.14. The van der Waals surface area contributed by atoms with Crippen LogP contribution in [0, 0.1) is 11.3 Å². The molecule has 8 heteroatoms. The zero-order chi connectivity index (χ0) is 17.6. The Morgan fingerprint density at radius 3 is 3.08 bits per heavy atom. The summed E-state index contributed by atoms with van der Waals surface area (Å²) in [7, 11) is 0. The first-order valence-corrected chi connectivity index (χ1v) is 7.82. The Morgan fingerprint density at radius 1 is 1.40 bits per heavy atom. The van der Waals surface area contributed by atoms with Gasteiger partial charge in [0.15, 0.2) is 5.65 Å². The summed E-state index contributed by atoms with van der Waals surface area (Å²) in [4.78, 5) is 20.2. The van der Waals surface area contributed by atoms with Gasteiger partial charge in [0.1, 0.15) is 0 Å². The van der Waals surface area contributed by atoms with Gasteiger partial charge in [-0.1, -0.05) is 0 Å². The Hall–Kier alpha value is -3.47. The molecule has 0 saturated carbocycles. The third-order valence-corrected chi connectivity index (χ3v) is 3.41. The van der Waals surface area contributed by atoms with E-state index in [4.69, 9.17) is 10.00 Å². The number of pyridine rings is 2. The third-order valence-electron chi connectivity index (χ3n) is 3.41. The molecule has 0 radical (unpaired) electrons. The van der Waals surface area contributed by atoms with Crippen molar-refractivity contribution in [2.75, 3.05) is 11.9 Å². The molecule has 0 fully saturated rings. The highest BCUT2D eigenvalue weighted by Gasteiger charge is 2.11. The molecule has 1 N–H and O–H groups in total. The molecule has 3 heterocycles. The molecule has 3 rings (SSSR count). The van der Waals surface area contributed by atoms with E-state index in [1.165, 1.54) is 0 Å². The van der Waals surface area contributed by atoms with Crippen LogP contribution < -0.4 is 10.1 Å². The second kappa shape index (κ2) is 7.40. The van der Waals surface area contributed by atoms with Crippen LogP contribution in [0.15, 0.2) is 36.7 Å². The first-order valence-electron chi connectivity index (χ1n) is 7.82. The summed E-state index contributed by atoms with van der Waals surface area (Å²) >= 11 is 0. The number of nitriles is 1. The molecular weight excluding hydrogens is 320 g/mol. The number of nitrogens with one attached hydrogen (secondary N) is 1. The van der Waals surface area contributed by atoms with Crippen LogP contribution in [0.5, 0.6) is 5.88 Å². The lowest BCUT2D eigenvalue weighted by atomic mass is 10.1. The molecular formula is C17H16N6O2. The maximum atomic E-state index is 11.7. The zero-order valence-electron chi connectivity index (χ0n) is 13.6. The van der Waals surface area contributed by atoms with Crippen molar-refractivity contribution >= 4 is 17.5 Å². The van der Waals surface area contributed by atoms with Crippen molar-refractivity contribution in [3.8, 4) is 23.1 Å². The van der Waals surface area contributed by atoms with E-state index < -0.39 is 0 Å². The van der Waals surface area contributed by atoms with Gasteiger partial charge in [-0.3, -0.25) is 10.1 Å². The number of aromatic nitrogens is 4. The Bertz CT molecular complexity index is 944. The molecule has 0 aliphatic heterocycles. The van der Waals surface area contributed by atoms with Gasteiger partial charge < -0.3 is 4.74 Å². The molecule has 0 unspecified atom stereocenters. The minimum absolute atomic E-state index is 0.116. The predicted molar refractivity (Wildman–Crippen MR) is 90.9 cm³/mol. The Morgan fingerprint density at radius 2 is 2.28 bits per heavy atom. The van der Waals surface area contributed by atoms with Gasteiger partial charge in [0.05, 0.1) is 12.7 Å². The van der Waals surface area contributed by atoms with E-state index in [-0.39, 0.29) is 24.7 Å². The lowest BCUT2D eigenvalue weighted by molar-refractivity contribution is -0.116. The molecule has 0 aromatic carbocycles. The third kappa shape index (κ3) is 3.72. The van der Waals surface area contributed by atoms with Crippen molar-refractivity contribution in [3.05, 3.63) is 36.7 Å². The molecule has 0 spiro atoms. The van der Waals surface area contributed by atoms with Crippen LogP contribution in [0.1, 0.15) is 19.8 Å². The number of hydrogen-bond donors (Lipinski definition) is 1. The summed E-state index contributed by atoms with van der Waals surface area (Å²) in [5.41, 5.74) is 2.32. The first-order chi connectivity index (χ1) is 12.2. The number of hydrogen-bond acceptors (Lipinski definition) is 6. The molecule has 3 aromatic heterocycles. The molecule has 1 amide bonds. The van der Waals surface area contributed by atoms with E-state index in [0.717, 1.165) is 11.1 Å². The average molecular weight is 336 g/mol. The summed E-state index contributed by atoms with van der Waals surface area (Å²) in [5, 5.41) is 15.4. The number of anilines is 1. The first kappa shape index (κ1) is 16.4. The Kier molecular flexibility index (Phi) is 4.85. The van der Waals surface area contributed by atoms with Gasteiger partial charge in [-0.25, -0.2) is 9.50 Å². The lowest BCUT2D eigenvalue weighted by Gasteiger charge is -2.08. The van der Waals surface area contributed by atoms with E-state index in [9.17, 15) is 4.79 Å². The number of rotatable bonds is 6. The van der Waals surface area contributed by atoms with Crippen LogP contribution in [0.3, 0.4) is 0 Å². The van der Waals surface area contributed by atoms with Crippen molar-refractivity contribution < 1.29 is 9.53 Å². The summed E-state index contributed by atoms with van der Waals surface area (Å²) in [6.07, 6.45) is 3.75. The Labute approximate surface area is 144 Å². The minimum Gasteiger partial charge on any atom is -0.478 e. The maximum Gasteiger partial charge on any atom is 0.249 e. The van der Waals surface area contributed by atoms with E-state index in [2.05, 4.69) is 20.4 Å². The average Bonchev–Trinajstić information content (AvgIpc) is 3.02. The molecule has 25 heavy (non-hydrogen) atoms. The van der Waals surface area contributed by atoms with Crippen molar-refractivity contribution in [1.29, 1.82) is 5.26 Å². The smallest absolute Gasteiger partial charge is 0.249 e. The van der Waals surface area contributed by atoms with Crippen molar-refractivity contribution in [2.45, 2.75) is 19.8 Å². The molecule has 3 aromatic rings. The van der Waals surface area contributed by atoms with Crippen molar-refractivity contribution in [1.82, 2.24) is 19.6 Å². The molecule has 0 atom stereocenters. The highest BCUT2D eigenvalue weighted by molar-refractivity contribution is 5.89. The number of carbonyl (C=O) groups is 1. The van der Waals surface area contributed by atoms with Crippen molar-refractivity contribution in [2.24, 2.45) is 0 Å². The van der Waals surface area contributed by atoms with Crippen molar-refractivity contribution in [3.63, 3.8) is 0 Å². The predicted octanol–water partition coefficient (Wildman–Crippen LogP) is 2.43. The number of fused-ring (bicyclic) bond motifs is 1. The normalized spacial score (nSPS) is 10.4. The number of amides is 1. The van der Waals surface area contributed by atoms with E-state index in [1.54, 1.807) is 23.0 Å². The van der Waals surface area contributed by atoms with Gasteiger partial charge in [-0.2, -0.15) is 10.2 Å². The van der Waals surface area contributed by atoms with Gasteiger partial charge >= 0.3 is 0 Å². The highest BCUT2D eigenvalue weighted by Crippen LogP contribution is 2.27. The van der Waals surface area contributed by atoms with Gasteiger partial charge in [0.2, 0.25) is 17.7 Å². The van der Waals surface area contributed by atoms with Crippen LogP contribution in [0.2, 0.25) is 0 Å². The highest BCUT2D eigenvalue weighted by atomic mass is 16.5. The quantitative estimate of drug-likeness (QED) is 0.741. The molecule has 126 valence electrons. The molecule has 0 aliphatic carbocycles. The Balaban J connectivity index is 1.88. The fourth-order valence-corrected chi connectivity index (χ4v) is 2.31. The van der Waals surface area contributed by atoms with Gasteiger partial charge in [0.25, 0.3) is 0 Å². The van der Waals surface area contributed by atoms with E-state index >= 15 is 0 Å². The monoisotopic (exact) mass is 336 g/mol. The van der Waals surface area contributed by atoms with Crippen LogP contribution >= 0.6 is 0 Å². The number of ether oxygens (including phenoxy) is 1. The van der Waals surface area contributed by atoms with Gasteiger partial charge in [-0.15, -0.1) is 5.10 Å². The molecule has 0 aliphatic rings. The summed E-state index contributed by atoms with van der Waals surface area (Å²) in [6.45, 7) is 2.43. The summed E-state index contributed by atoms with van der Waals surface area (Å²) in [6, 6.07) is 9.38. The van der Waals surface area contributed by atoms with E-state index in [1.807, 2.05) is 31.2 Å². The second-order valence-electron chi connectivity index (χ2n) is 5.15. The molecule has 8 nitrogen and oxygen atoms in total. The van der Waals surface area contributed by atoms with Crippen LogP contribution in [-0.4, -0.2) is 32.1 Å². The zero-order valence-corrected chi connectivity index (χ0v) is 13.6. The number of carbonyl (C=O) groups excluding carboxylic acids is 1. The minimum atomic E-state index is -0.288. The molecule has 0 bridgehead atoms. The fourth-order valence-electron chi connectivity index (χ4n) is 2.31. The van der Waals surface area contributed by atoms with E-state index in [0.29, 0.717) is 18.1 Å². The molecule has 0 saturated heterocycles. The van der Waals surface area contributed by atoms with Crippen LogP contribution in [0.25, 0.3) is 16.8 Å². The number of nitrogens with zero attached hydrogens (tertiary/aromatic N) is 5. The van der Waals surface area contributed by atoms with Crippen LogP contribution in [0.4, 0.5) is 5.95 Å². The summed E-state index contributed by atoms with van der Waals surface area (Å²) in [5.74, 6) is 0.467. The standard InChI is InChI=1S/C17H16N6O2/c1-2-25-16-13(5-4-10-19-16)12-7-8-14-20-17(22-23(14)11-12)21-15(24)6-3-9-18/h4-5,7-8,10-11H,2-3,6H2,1H3,(H,21,22,24). The SMILES string of the molecule is CCOc1ncccc1-c1ccc2nc(NC(=O)CCC#N)nn2c1. The lowest BCUT2D eigenvalue weighted by Crippen LogP contribution is -2.12. The fraction of sp³-hybridized carbons (Fsp3) is 0.235.